The van der Waals surface area contributed by atoms with E-state index >= 15 is 0 Å². The van der Waals surface area contributed by atoms with Crippen molar-refractivity contribution in [3.8, 4) is 5.75 Å². The number of nitrogens with zero attached hydrogens (tertiary/aromatic N) is 1. The van der Waals surface area contributed by atoms with Crippen molar-refractivity contribution in [2.45, 2.75) is 25.8 Å². The lowest BCUT2D eigenvalue weighted by Crippen LogP contribution is -2.24. The first-order valence-corrected chi connectivity index (χ1v) is 6.06. The molecule has 0 radical (unpaired) electrons. The van der Waals surface area contributed by atoms with E-state index in [1.807, 2.05) is 13.0 Å². The molecule has 5 N–H and O–H groups in total. The molecule has 0 aliphatic heterocycles. The van der Waals surface area contributed by atoms with Crippen molar-refractivity contribution < 1.29 is 14.6 Å². The summed E-state index contributed by atoms with van der Waals surface area (Å²) >= 11 is 0. The lowest BCUT2D eigenvalue weighted by Gasteiger charge is -2.13. The molecule has 1 atom stereocenters. The fourth-order valence-corrected chi connectivity index (χ4v) is 1.61. The standard InChI is InChI=1S/C13H19N3O3/c1-2-6-19-10-5-3-4-9(7-10)11(8-12(17)18)16-13(14)15/h3-5,7,11H,2,6,8H2,1H3,(H,17,18)(H4,14,15,16). The van der Waals surface area contributed by atoms with Gasteiger partial charge in [0.05, 0.1) is 19.1 Å². The second-order valence-corrected chi connectivity index (χ2v) is 4.09. The third kappa shape index (κ3) is 5.29. The highest BCUT2D eigenvalue weighted by Gasteiger charge is 2.15. The minimum absolute atomic E-state index is 0.133. The first-order valence-electron chi connectivity index (χ1n) is 6.06. The lowest BCUT2D eigenvalue weighted by molar-refractivity contribution is -0.137. The number of hydrogen-bond acceptors (Lipinski definition) is 3. The molecule has 0 aromatic heterocycles. The van der Waals surface area contributed by atoms with Crippen molar-refractivity contribution in [1.29, 1.82) is 0 Å². The highest BCUT2D eigenvalue weighted by atomic mass is 16.5. The number of aliphatic imine (C=N–C) groups is 1. The molecule has 1 aromatic carbocycles. The molecule has 0 spiro atoms. The smallest absolute Gasteiger partial charge is 0.305 e. The molecular weight excluding hydrogens is 246 g/mol. The van der Waals surface area contributed by atoms with Crippen LogP contribution in [0.2, 0.25) is 0 Å². The van der Waals surface area contributed by atoms with Gasteiger partial charge in [0.2, 0.25) is 0 Å². The van der Waals surface area contributed by atoms with E-state index < -0.39 is 12.0 Å². The van der Waals surface area contributed by atoms with Crippen LogP contribution in [0.15, 0.2) is 29.3 Å². The van der Waals surface area contributed by atoms with Gasteiger partial charge in [-0.3, -0.25) is 4.79 Å². The largest absolute Gasteiger partial charge is 0.494 e. The number of benzene rings is 1. The van der Waals surface area contributed by atoms with Crippen LogP contribution in [0.4, 0.5) is 0 Å². The van der Waals surface area contributed by atoms with Crippen LogP contribution in [0.5, 0.6) is 5.75 Å². The first kappa shape index (κ1) is 14.8. The third-order valence-electron chi connectivity index (χ3n) is 2.39. The molecule has 19 heavy (non-hydrogen) atoms. The number of carboxylic acids is 1. The number of rotatable bonds is 7. The van der Waals surface area contributed by atoms with E-state index in [0.29, 0.717) is 17.9 Å². The van der Waals surface area contributed by atoms with Gasteiger partial charge in [0, 0.05) is 0 Å². The van der Waals surface area contributed by atoms with E-state index in [1.54, 1.807) is 18.2 Å². The van der Waals surface area contributed by atoms with Crippen LogP contribution in [-0.2, 0) is 4.79 Å². The molecule has 1 aromatic rings. The zero-order valence-electron chi connectivity index (χ0n) is 10.9. The summed E-state index contributed by atoms with van der Waals surface area (Å²) in [5, 5.41) is 8.89. The van der Waals surface area contributed by atoms with Crippen LogP contribution in [0.3, 0.4) is 0 Å². The highest BCUT2D eigenvalue weighted by Crippen LogP contribution is 2.25. The van der Waals surface area contributed by atoms with Gasteiger partial charge in [0.25, 0.3) is 0 Å². The Bertz CT molecular complexity index is 456. The summed E-state index contributed by atoms with van der Waals surface area (Å²) < 4.78 is 5.50. The Morgan fingerprint density at radius 3 is 2.79 bits per heavy atom. The predicted octanol–water partition coefficient (Wildman–Crippen LogP) is 1.26. The average molecular weight is 265 g/mol. The van der Waals surface area contributed by atoms with E-state index in [1.165, 1.54) is 0 Å². The maximum atomic E-state index is 10.8. The normalized spacial score (nSPS) is 11.6. The Labute approximate surface area is 112 Å². The Morgan fingerprint density at radius 1 is 1.47 bits per heavy atom. The molecule has 0 saturated heterocycles. The Morgan fingerprint density at radius 2 is 2.21 bits per heavy atom. The Kier molecular flexibility index (Phi) is 5.66. The van der Waals surface area contributed by atoms with Crippen molar-refractivity contribution in [3.05, 3.63) is 29.8 Å². The topological polar surface area (TPSA) is 111 Å². The molecule has 0 saturated carbocycles. The Balaban J connectivity index is 2.94. The van der Waals surface area contributed by atoms with Gasteiger partial charge in [0.15, 0.2) is 5.96 Å². The summed E-state index contributed by atoms with van der Waals surface area (Å²) in [5.74, 6) is -0.415. The lowest BCUT2D eigenvalue weighted by atomic mass is 10.0. The summed E-state index contributed by atoms with van der Waals surface area (Å²) in [6, 6.07) is 6.53. The number of aliphatic carboxylic acids is 1. The Hall–Kier alpha value is -2.24. The third-order valence-corrected chi connectivity index (χ3v) is 2.39. The number of carboxylic acid groups (broad SMARTS) is 1. The zero-order valence-corrected chi connectivity index (χ0v) is 10.9. The van der Waals surface area contributed by atoms with Gasteiger partial charge < -0.3 is 21.3 Å². The van der Waals surface area contributed by atoms with Crippen LogP contribution in [0.1, 0.15) is 31.4 Å². The minimum atomic E-state index is -0.963. The van der Waals surface area contributed by atoms with Crippen LogP contribution in [-0.4, -0.2) is 23.6 Å². The van der Waals surface area contributed by atoms with Crippen LogP contribution in [0.25, 0.3) is 0 Å². The fourth-order valence-electron chi connectivity index (χ4n) is 1.61. The minimum Gasteiger partial charge on any atom is -0.494 e. The molecule has 0 amide bonds. The van der Waals surface area contributed by atoms with E-state index in [9.17, 15) is 4.79 Å². The van der Waals surface area contributed by atoms with Gasteiger partial charge in [-0.15, -0.1) is 0 Å². The van der Waals surface area contributed by atoms with Crippen LogP contribution >= 0.6 is 0 Å². The van der Waals surface area contributed by atoms with Gasteiger partial charge in [-0.2, -0.15) is 0 Å². The molecule has 6 heteroatoms. The van der Waals surface area contributed by atoms with Gasteiger partial charge in [-0.25, -0.2) is 4.99 Å². The number of carbonyl (C=O) groups is 1. The second-order valence-electron chi connectivity index (χ2n) is 4.09. The van der Waals surface area contributed by atoms with E-state index in [0.717, 1.165) is 6.42 Å². The van der Waals surface area contributed by atoms with Gasteiger partial charge >= 0.3 is 5.97 Å². The van der Waals surface area contributed by atoms with Crippen LogP contribution in [0, 0.1) is 0 Å². The molecule has 0 heterocycles. The van der Waals surface area contributed by atoms with Gasteiger partial charge in [-0.1, -0.05) is 19.1 Å². The van der Waals surface area contributed by atoms with Crippen molar-refractivity contribution in [2.24, 2.45) is 16.5 Å². The number of ether oxygens (including phenoxy) is 1. The average Bonchev–Trinajstić information content (AvgIpc) is 2.35. The summed E-state index contributed by atoms with van der Waals surface area (Å²) in [7, 11) is 0. The quantitative estimate of drug-likeness (QED) is 0.507. The highest BCUT2D eigenvalue weighted by molar-refractivity contribution is 5.77. The van der Waals surface area contributed by atoms with Crippen LogP contribution < -0.4 is 16.2 Å². The molecule has 0 aliphatic carbocycles. The molecular formula is C13H19N3O3. The zero-order chi connectivity index (χ0) is 14.3. The molecule has 0 aliphatic rings. The molecule has 104 valence electrons. The van der Waals surface area contributed by atoms with Crippen molar-refractivity contribution in [1.82, 2.24) is 0 Å². The van der Waals surface area contributed by atoms with Gasteiger partial charge in [0.1, 0.15) is 5.75 Å². The van der Waals surface area contributed by atoms with E-state index in [4.69, 9.17) is 21.3 Å². The maximum Gasteiger partial charge on any atom is 0.305 e. The van der Waals surface area contributed by atoms with E-state index in [-0.39, 0.29) is 12.4 Å². The SMILES string of the molecule is CCCOc1cccc(C(CC(=O)O)N=C(N)N)c1. The maximum absolute atomic E-state index is 10.8. The van der Waals surface area contributed by atoms with Gasteiger partial charge in [-0.05, 0) is 24.1 Å². The second kappa shape index (κ2) is 7.25. The molecule has 0 fully saturated rings. The summed E-state index contributed by atoms with van der Waals surface area (Å²) in [6.07, 6.45) is 0.728. The van der Waals surface area contributed by atoms with Crippen molar-refractivity contribution in [2.75, 3.05) is 6.61 Å². The summed E-state index contributed by atoms with van der Waals surface area (Å²) in [4.78, 5) is 14.8. The number of guanidine groups is 1. The van der Waals surface area contributed by atoms with Crippen molar-refractivity contribution >= 4 is 11.9 Å². The van der Waals surface area contributed by atoms with Crippen molar-refractivity contribution in [3.63, 3.8) is 0 Å². The molecule has 6 nitrogen and oxygen atoms in total. The molecule has 0 bridgehead atoms. The molecule has 1 rings (SSSR count). The summed E-state index contributed by atoms with van der Waals surface area (Å²) in [6.45, 7) is 2.62. The first-order chi connectivity index (χ1) is 9.02. The monoisotopic (exact) mass is 265 g/mol. The number of hydrogen-bond donors (Lipinski definition) is 3. The molecule has 1 unspecified atom stereocenters. The summed E-state index contributed by atoms with van der Waals surface area (Å²) in [5.41, 5.74) is 11.4. The fraction of sp³-hybridized carbons (Fsp3) is 0.385. The number of nitrogens with two attached hydrogens (primary N) is 2. The van der Waals surface area contributed by atoms with E-state index in [2.05, 4.69) is 4.99 Å². The predicted molar refractivity (Wildman–Crippen MR) is 73.0 cm³/mol.